The van der Waals surface area contributed by atoms with Crippen molar-refractivity contribution in [3.8, 4) is 11.3 Å². The van der Waals surface area contributed by atoms with Crippen molar-refractivity contribution in [2.45, 2.75) is 17.9 Å². The van der Waals surface area contributed by atoms with Crippen LogP contribution >= 0.6 is 0 Å². The fourth-order valence-electron chi connectivity index (χ4n) is 4.42. The molecule has 2 aromatic carbocycles. The number of ether oxygens (including phenoxy) is 1. The fraction of sp³-hybridized carbons (Fsp3) is 0.333. The first-order valence-corrected chi connectivity index (χ1v) is 10.9. The van der Waals surface area contributed by atoms with Crippen molar-refractivity contribution in [2.75, 3.05) is 32.1 Å². The third-order valence-electron chi connectivity index (χ3n) is 6.19. The molecule has 1 aliphatic rings. The quantitative estimate of drug-likeness (QED) is 0.488. The summed E-state index contributed by atoms with van der Waals surface area (Å²) in [5, 5.41) is 13.3. The molecule has 0 radical (unpaired) electrons. The van der Waals surface area contributed by atoms with Gasteiger partial charge in [0.1, 0.15) is 11.6 Å². The SMILES string of the molecule is COCC[C@@]1(NC(=O)Nc2cc(-c3ccccc3F)nn2C)CNC[C@H]1c1ccc(F)c(F)c1. The van der Waals surface area contributed by atoms with Crippen LogP contribution in [-0.4, -0.2) is 48.2 Å². The van der Waals surface area contributed by atoms with E-state index in [-0.39, 0.29) is 5.92 Å². The van der Waals surface area contributed by atoms with Crippen LogP contribution in [0.5, 0.6) is 0 Å². The number of carbonyl (C=O) groups excluding carboxylic acids is 1. The van der Waals surface area contributed by atoms with Crippen LogP contribution in [0.15, 0.2) is 48.5 Å². The minimum absolute atomic E-state index is 0.316. The first kappa shape index (κ1) is 23.8. The number of benzene rings is 2. The van der Waals surface area contributed by atoms with Crippen molar-refractivity contribution in [3.63, 3.8) is 0 Å². The Bertz CT molecular complexity index is 1190. The van der Waals surface area contributed by atoms with E-state index in [1.54, 1.807) is 38.4 Å². The maximum Gasteiger partial charge on any atom is 0.320 e. The summed E-state index contributed by atoms with van der Waals surface area (Å²) in [6.45, 7) is 1.24. The maximum atomic E-state index is 14.2. The minimum Gasteiger partial charge on any atom is -0.385 e. The molecule has 180 valence electrons. The Balaban J connectivity index is 1.56. The van der Waals surface area contributed by atoms with Crippen LogP contribution in [0, 0.1) is 17.5 Å². The zero-order valence-corrected chi connectivity index (χ0v) is 18.9. The van der Waals surface area contributed by atoms with Crippen molar-refractivity contribution in [2.24, 2.45) is 7.05 Å². The highest BCUT2D eigenvalue weighted by atomic mass is 19.2. The Hall–Kier alpha value is -3.37. The normalized spacial score (nSPS) is 19.9. The number of methoxy groups -OCH3 is 1. The van der Waals surface area contributed by atoms with E-state index in [9.17, 15) is 18.0 Å². The van der Waals surface area contributed by atoms with Crippen molar-refractivity contribution >= 4 is 11.8 Å². The van der Waals surface area contributed by atoms with Gasteiger partial charge in [-0.2, -0.15) is 5.10 Å². The molecule has 3 aromatic rings. The molecule has 3 N–H and O–H groups in total. The summed E-state index contributed by atoms with van der Waals surface area (Å²) in [5.74, 6) is -2.23. The molecule has 0 unspecified atom stereocenters. The number of aromatic nitrogens is 2. The number of aryl methyl sites for hydroxylation is 1. The molecule has 0 aliphatic carbocycles. The molecule has 2 amide bonds. The molecule has 1 fully saturated rings. The first-order chi connectivity index (χ1) is 16.3. The molecule has 0 saturated carbocycles. The van der Waals surface area contributed by atoms with Crippen molar-refractivity contribution in [3.05, 3.63) is 71.5 Å². The van der Waals surface area contributed by atoms with E-state index >= 15 is 0 Å². The summed E-state index contributed by atoms with van der Waals surface area (Å²) in [7, 11) is 3.20. The molecule has 0 bridgehead atoms. The van der Waals surface area contributed by atoms with Crippen LogP contribution in [-0.2, 0) is 11.8 Å². The number of amides is 2. The van der Waals surface area contributed by atoms with Gasteiger partial charge in [0.25, 0.3) is 0 Å². The van der Waals surface area contributed by atoms with Gasteiger partial charge >= 0.3 is 6.03 Å². The number of hydrogen-bond acceptors (Lipinski definition) is 4. The predicted molar refractivity (Wildman–Crippen MR) is 122 cm³/mol. The zero-order valence-electron chi connectivity index (χ0n) is 18.9. The molecular formula is C24H26F3N5O2. The van der Waals surface area contributed by atoms with Gasteiger partial charge in [0.05, 0.1) is 11.2 Å². The minimum atomic E-state index is -0.940. The van der Waals surface area contributed by atoms with Crippen LogP contribution in [0.4, 0.5) is 23.8 Å². The van der Waals surface area contributed by atoms with Crippen LogP contribution in [0.2, 0.25) is 0 Å². The highest BCUT2D eigenvalue weighted by molar-refractivity contribution is 5.89. The maximum absolute atomic E-state index is 14.2. The van der Waals surface area contributed by atoms with E-state index in [0.717, 1.165) is 12.1 Å². The molecule has 34 heavy (non-hydrogen) atoms. The van der Waals surface area contributed by atoms with E-state index < -0.39 is 29.0 Å². The predicted octanol–water partition coefficient (Wildman–Crippen LogP) is 3.79. The van der Waals surface area contributed by atoms with E-state index in [4.69, 9.17) is 4.74 Å². The second kappa shape index (κ2) is 9.86. The molecule has 4 rings (SSSR count). The van der Waals surface area contributed by atoms with E-state index in [1.165, 1.54) is 16.8 Å². The van der Waals surface area contributed by atoms with Gasteiger partial charge in [-0.05, 0) is 36.2 Å². The van der Waals surface area contributed by atoms with E-state index in [0.29, 0.717) is 48.8 Å². The summed E-state index contributed by atoms with van der Waals surface area (Å²) < 4.78 is 48.3. The Morgan fingerprint density at radius 3 is 2.71 bits per heavy atom. The third-order valence-corrected chi connectivity index (χ3v) is 6.19. The Morgan fingerprint density at radius 1 is 1.18 bits per heavy atom. The number of nitrogens with zero attached hydrogens (tertiary/aromatic N) is 2. The lowest BCUT2D eigenvalue weighted by atomic mass is 9.79. The lowest BCUT2D eigenvalue weighted by Crippen LogP contribution is -2.55. The number of hydrogen-bond donors (Lipinski definition) is 3. The standard InChI is InChI=1S/C24H26F3N5O2/c1-32-22(12-21(31-32)16-5-3-4-6-18(16)25)29-23(33)30-24(9-10-34-2)14-28-13-17(24)15-7-8-19(26)20(27)11-15/h3-8,11-12,17,28H,9-10,13-14H2,1-2H3,(H2,29,30,33)/t17-,24+/m0/s1. The highest BCUT2D eigenvalue weighted by Crippen LogP contribution is 2.35. The number of rotatable bonds is 7. The van der Waals surface area contributed by atoms with Gasteiger partial charge in [-0.25, -0.2) is 18.0 Å². The molecule has 2 atom stereocenters. The average molecular weight is 473 g/mol. The summed E-state index contributed by atoms with van der Waals surface area (Å²) in [6, 6.07) is 11.1. The smallest absolute Gasteiger partial charge is 0.320 e. The Labute approximate surface area is 195 Å². The molecule has 1 aromatic heterocycles. The molecule has 0 spiro atoms. The van der Waals surface area contributed by atoms with Crippen LogP contribution < -0.4 is 16.0 Å². The summed E-state index contributed by atoms with van der Waals surface area (Å²) in [4.78, 5) is 13.1. The molecular weight excluding hydrogens is 447 g/mol. The zero-order chi connectivity index (χ0) is 24.3. The molecule has 2 heterocycles. The number of carbonyl (C=O) groups is 1. The van der Waals surface area contributed by atoms with Gasteiger partial charge < -0.3 is 15.4 Å². The van der Waals surface area contributed by atoms with Gasteiger partial charge in [0, 0.05) is 51.4 Å². The number of anilines is 1. The average Bonchev–Trinajstić information content (AvgIpc) is 3.38. The first-order valence-electron chi connectivity index (χ1n) is 10.9. The molecule has 10 heteroatoms. The van der Waals surface area contributed by atoms with Gasteiger partial charge in [-0.3, -0.25) is 10.00 Å². The van der Waals surface area contributed by atoms with Crippen molar-refractivity contribution in [1.82, 2.24) is 20.4 Å². The number of urea groups is 1. The Morgan fingerprint density at radius 2 is 1.97 bits per heavy atom. The number of halogens is 3. The highest BCUT2D eigenvalue weighted by Gasteiger charge is 2.45. The molecule has 1 saturated heterocycles. The van der Waals surface area contributed by atoms with Crippen LogP contribution in [0.3, 0.4) is 0 Å². The summed E-state index contributed by atoms with van der Waals surface area (Å²) in [6.07, 6.45) is 0.444. The van der Waals surface area contributed by atoms with E-state index in [2.05, 4.69) is 21.0 Å². The Kier molecular flexibility index (Phi) is 6.90. The molecule has 1 aliphatic heterocycles. The lowest BCUT2D eigenvalue weighted by Gasteiger charge is -2.36. The van der Waals surface area contributed by atoms with Crippen molar-refractivity contribution in [1.29, 1.82) is 0 Å². The second-order valence-electron chi connectivity index (χ2n) is 8.35. The largest absolute Gasteiger partial charge is 0.385 e. The van der Waals surface area contributed by atoms with E-state index in [1.807, 2.05) is 0 Å². The summed E-state index contributed by atoms with van der Waals surface area (Å²) >= 11 is 0. The van der Waals surface area contributed by atoms with Crippen molar-refractivity contribution < 1.29 is 22.7 Å². The van der Waals surface area contributed by atoms with Crippen LogP contribution in [0.25, 0.3) is 11.3 Å². The van der Waals surface area contributed by atoms with Gasteiger partial charge in [-0.15, -0.1) is 0 Å². The van der Waals surface area contributed by atoms with Gasteiger partial charge in [0.15, 0.2) is 11.6 Å². The number of nitrogens with one attached hydrogen (secondary N) is 3. The van der Waals surface area contributed by atoms with Gasteiger partial charge in [-0.1, -0.05) is 18.2 Å². The monoisotopic (exact) mass is 473 g/mol. The third kappa shape index (κ3) is 4.78. The fourth-order valence-corrected chi connectivity index (χ4v) is 4.42. The van der Waals surface area contributed by atoms with Gasteiger partial charge in [0.2, 0.25) is 0 Å². The topological polar surface area (TPSA) is 80.2 Å². The lowest BCUT2D eigenvalue weighted by molar-refractivity contribution is 0.155. The molecule has 7 nitrogen and oxygen atoms in total. The van der Waals surface area contributed by atoms with Crippen LogP contribution in [0.1, 0.15) is 17.9 Å². The summed E-state index contributed by atoms with van der Waals surface area (Å²) in [5.41, 5.74) is 0.466. The second-order valence-corrected chi connectivity index (χ2v) is 8.35.